The van der Waals surface area contributed by atoms with Crippen LogP contribution in [0.2, 0.25) is 0 Å². The zero-order valence-electron chi connectivity index (χ0n) is 5.66. The number of ketones is 1. The molecule has 3 heteroatoms. The molecule has 0 saturated carbocycles. The molecule has 0 N–H and O–H groups in total. The van der Waals surface area contributed by atoms with Crippen LogP contribution in [0.5, 0.6) is 0 Å². The van der Waals surface area contributed by atoms with Gasteiger partial charge in [0.15, 0.2) is 11.9 Å². The standard InChI is InChI=1S/C7H8O3/c1-2-3-6-5(8)4-7(9)10-6/h2-3,6H,4H2,1H3/b3-2+. The maximum atomic E-state index is 10.8. The number of hydrogen-bond acceptors (Lipinski definition) is 3. The van der Waals surface area contributed by atoms with Crippen molar-refractivity contribution in [1.29, 1.82) is 0 Å². The van der Waals surface area contributed by atoms with Crippen molar-refractivity contribution >= 4 is 11.8 Å². The lowest BCUT2D eigenvalue weighted by Gasteiger charge is -1.97. The van der Waals surface area contributed by atoms with Crippen molar-refractivity contribution in [2.24, 2.45) is 0 Å². The Morgan fingerprint density at radius 1 is 1.60 bits per heavy atom. The smallest absolute Gasteiger partial charge is 0.314 e. The molecule has 1 aliphatic rings. The average molecular weight is 140 g/mol. The Hall–Kier alpha value is -1.12. The van der Waals surface area contributed by atoms with E-state index in [0.717, 1.165) is 0 Å². The fourth-order valence-electron chi connectivity index (χ4n) is 0.813. The van der Waals surface area contributed by atoms with Crippen LogP contribution in [0.4, 0.5) is 0 Å². The Balaban J connectivity index is 2.63. The number of cyclic esters (lactones) is 1. The molecule has 3 nitrogen and oxygen atoms in total. The molecular weight excluding hydrogens is 132 g/mol. The van der Waals surface area contributed by atoms with Gasteiger partial charge in [0, 0.05) is 0 Å². The summed E-state index contributed by atoms with van der Waals surface area (Å²) in [6.07, 6.45) is 2.58. The topological polar surface area (TPSA) is 43.4 Å². The highest BCUT2D eigenvalue weighted by Crippen LogP contribution is 2.10. The highest BCUT2D eigenvalue weighted by Gasteiger charge is 2.29. The van der Waals surface area contributed by atoms with Gasteiger partial charge in [0.05, 0.1) is 0 Å². The molecule has 0 radical (unpaired) electrons. The van der Waals surface area contributed by atoms with Crippen molar-refractivity contribution in [2.45, 2.75) is 19.4 Å². The predicted octanol–water partition coefficient (Wildman–Crippen LogP) is 0.447. The Bertz CT molecular complexity index is 193. The number of ether oxygens (including phenoxy) is 1. The van der Waals surface area contributed by atoms with Crippen LogP contribution in [-0.4, -0.2) is 17.9 Å². The van der Waals surface area contributed by atoms with Crippen LogP contribution in [0.15, 0.2) is 12.2 Å². The van der Waals surface area contributed by atoms with Gasteiger partial charge in [0.25, 0.3) is 0 Å². The van der Waals surface area contributed by atoms with Gasteiger partial charge in [-0.25, -0.2) is 0 Å². The molecule has 0 bridgehead atoms. The summed E-state index contributed by atoms with van der Waals surface area (Å²) in [6.45, 7) is 1.78. The quantitative estimate of drug-likeness (QED) is 0.301. The zero-order chi connectivity index (χ0) is 7.56. The first kappa shape index (κ1) is 6.99. The SMILES string of the molecule is C/C=C/C1OC(=O)CC1=O. The van der Waals surface area contributed by atoms with Crippen LogP contribution in [0, 0.1) is 0 Å². The van der Waals surface area contributed by atoms with E-state index in [1.807, 2.05) is 0 Å². The van der Waals surface area contributed by atoms with E-state index < -0.39 is 12.1 Å². The summed E-state index contributed by atoms with van der Waals surface area (Å²) in [6, 6.07) is 0. The van der Waals surface area contributed by atoms with Crippen LogP contribution >= 0.6 is 0 Å². The van der Waals surface area contributed by atoms with E-state index in [0.29, 0.717) is 0 Å². The van der Waals surface area contributed by atoms with Crippen LogP contribution in [0.1, 0.15) is 13.3 Å². The molecule has 0 aromatic heterocycles. The summed E-state index contributed by atoms with van der Waals surface area (Å²) in [4.78, 5) is 21.2. The average Bonchev–Trinajstić information content (AvgIpc) is 2.13. The molecule has 10 heavy (non-hydrogen) atoms. The number of rotatable bonds is 1. The molecule has 1 aliphatic heterocycles. The third kappa shape index (κ3) is 1.23. The van der Waals surface area contributed by atoms with Gasteiger partial charge in [-0.05, 0) is 13.0 Å². The van der Waals surface area contributed by atoms with E-state index in [9.17, 15) is 9.59 Å². The minimum absolute atomic E-state index is 0.0744. The fourth-order valence-corrected chi connectivity index (χ4v) is 0.813. The number of esters is 1. The molecule has 0 aromatic rings. The number of allylic oxidation sites excluding steroid dienone is 1. The van der Waals surface area contributed by atoms with Gasteiger partial charge in [-0.3, -0.25) is 9.59 Å². The van der Waals surface area contributed by atoms with Gasteiger partial charge in [-0.15, -0.1) is 0 Å². The molecule has 0 aliphatic carbocycles. The third-order valence-electron chi connectivity index (χ3n) is 1.26. The molecule has 1 fully saturated rings. The van der Waals surface area contributed by atoms with Gasteiger partial charge >= 0.3 is 5.97 Å². The third-order valence-corrected chi connectivity index (χ3v) is 1.26. The number of carbonyl (C=O) groups excluding carboxylic acids is 2. The minimum Gasteiger partial charge on any atom is -0.450 e. The van der Waals surface area contributed by atoms with Crippen LogP contribution in [-0.2, 0) is 14.3 Å². The van der Waals surface area contributed by atoms with E-state index >= 15 is 0 Å². The van der Waals surface area contributed by atoms with Gasteiger partial charge in [0.1, 0.15) is 6.42 Å². The largest absolute Gasteiger partial charge is 0.450 e. The van der Waals surface area contributed by atoms with Gasteiger partial charge in [-0.1, -0.05) is 6.08 Å². The summed E-state index contributed by atoms with van der Waals surface area (Å²) in [7, 11) is 0. The maximum absolute atomic E-state index is 10.8. The molecule has 54 valence electrons. The molecule has 1 rings (SSSR count). The van der Waals surface area contributed by atoms with E-state index in [1.165, 1.54) is 0 Å². The Morgan fingerprint density at radius 3 is 2.70 bits per heavy atom. The Morgan fingerprint density at radius 2 is 2.30 bits per heavy atom. The van der Waals surface area contributed by atoms with E-state index in [-0.39, 0.29) is 12.2 Å². The monoisotopic (exact) mass is 140 g/mol. The normalized spacial score (nSPS) is 25.9. The second-order valence-corrected chi connectivity index (χ2v) is 2.08. The summed E-state index contributed by atoms with van der Waals surface area (Å²) < 4.78 is 4.64. The van der Waals surface area contributed by atoms with Crippen LogP contribution < -0.4 is 0 Å². The van der Waals surface area contributed by atoms with Crippen molar-refractivity contribution < 1.29 is 14.3 Å². The van der Waals surface area contributed by atoms with Crippen molar-refractivity contribution in [1.82, 2.24) is 0 Å². The summed E-state index contributed by atoms with van der Waals surface area (Å²) in [5.74, 6) is -0.573. The van der Waals surface area contributed by atoms with Crippen molar-refractivity contribution in [2.75, 3.05) is 0 Å². The maximum Gasteiger partial charge on any atom is 0.314 e. The van der Waals surface area contributed by atoms with Gasteiger partial charge in [0.2, 0.25) is 0 Å². The highest BCUT2D eigenvalue weighted by molar-refractivity contribution is 6.04. The Labute approximate surface area is 58.7 Å². The van der Waals surface area contributed by atoms with E-state index in [2.05, 4.69) is 4.74 Å². The van der Waals surface area contributed by atoms with Crippen LogP contribution in [0.25, 0.3) is 0 Å². The lowest BCUT2D eigenvalue weighted by molar-refractivity contribution is -0.140. The molecular formula is C7H8O3. The molecule has 0 spiro atoms. The first-order valence-corrected chi connectivity index (χ1v) is 3.09. The number of Topliss-reactive ketones (excluding diaryl/α,β-unsaturated/α-hetero) is 1. The molecule has 0 aromatic carbocycles. The molecule has 1 saturated heterocycles. The summed E-state index contributed by atoms with van der Waals surface area (Å²) >= 11 is 0. The zero-order valence-corrected chi connectivity index (χ0v) is 5.66. The second-order valence-electron chi connectivity index (χ2n) is 2.08. The summed E-state index contributed by atoms with van der Waals surface area (Å²) in [5.41, 5.74) is 0. The van der Waals surface area contributed by atoms with Crippen LogP contribution in [0.3, 0.4) is 0 Å². The minimum atomic E-state index is -0.613. The second kappa shape index (κ2) is 2.64. The molecule has 0 amide bonds. The summed E-state index contributed by atoms with van der Waals surface area (Å²) in [5, 5.41) is 0. The fraction of sp³-hybridized carbons (Fsp3) is 0.429. The van der Waals surface area contributed by atoms with Gasteiger partial charge in [-0.2, -0.15) is 0 Å². The Kier molecular flexibility index (Phi) is 1.85. The van der Waals surface area contributed by atoms with Crippen molar-refractivity contribution in [3.05, 3.63) is 12.2 Å². The van der Waals surface area contributed by atoms with E-state index in [4.69, 9.17) is 0 Å². The van der Waals surface area contributed by atoms with E-state index in [1.54, 1.807) is 19.1 Å². The van der Waals surface area contributed by atoms with Crippen molar-refractivity contribution in [3.8, 4) is 0 Å². The number of carbonyl (C=O) groups is 2. The number of hydrogen-bond donors (Lipinski definition) is 0. The lowest BCUT2D eigenvalue weighted by atomic mass is 10.2. The van der Waals surface area contributed by atoms with Gasteiger partial charge < -0.3 is 4.74 Å². The first-order valence-electron chi connectivity index (χ1n) is 3.09. The highest BCUT2D eigenvalue weighted by atomic mass is 16.6. The molecule has 1 atom stereocenters. The van der Waals surface area contributed by atoms with Crippen molar-refractivity contribution in [3.63, 3.8) is 0 Å². The lowest BCUT2D eigenvalue weighted by Crippen LogP contribution is -2.11. The first-order chi connectivity index (χ1) is 4.74. The molecule has 1 unspecified atom stereocenters. The predicted molar refractivity (Wildman–Crippen MR) is 34.3 cm³/mol. The molecule has 1 heterocycles.